The van der Waals surface area contributed by atoms with Gasteiger partial charge in [0.05, 0.1) is 0 Å². The van der Waals surface area contributed by atoms with Crippen LogP contribution in [0.15, 0.2) is 58.5 Å². The average molecular weight is 492 g/mol. The van der Waals surface area contributed by atoms with Crippen molar-refractivity contribution in [1.29, 1.82) is 0 Å². The molecule has 2 saturated heterocycles. The molecule has 2 amide bonds. The van der Waals surface area contributed by atoms with Gasteiger partial charge in [0.2, 0.25) is 11.8 Å². The molecule has 2 aliphatic rings. The molecule has 0 bridgehead atoms. The summed E-state index contributed by atoms with van der Waals surface area (Å²) in [6, 6.07) is 11.6. The van der Waals surface area contributed by atoms with Crippen LogP contribution in [-0.4, -0.2) is 70.3 Å². The van der Waals surface area contributed by atoms with Gasteiger partial charge in [-0.15, -0.1) is 11.3 Å². The van der Waals surface area contributed by atoms with E-state index < -0.39 is 0 Å². The first-order valence-corrected chi connectivity index (χ1v) is 12.3. The summed E-state index contributed by atoms with van der Waals surface area (Å²) < 4.78 is 19.1. The first-order chi connectivity index (χ1) is 17.0. The van der Waals surface area contributed by atoms with Crippen LogP contribution < -0.4 is 4.90 Å². The second-order valence-electron chi connectivity index (χ2n) is 8.71. The van der Waals surface area contributed by atoms with Gasteiger partial charge < -0.3 is 14.2 Å². The number of piperazine rings is 1. The molecule has 4 heterocycles. The van der Waals surface area contributed by atoms with Crippen LogP contribution in [0.1, 0.15) is 16.2 Å². The number of benzene rings is 2. The van der Waals surface area contributed by atoms with Crippen molar-refractivity contribution in [2.45, 2.75) is 12.5 Å². The van der Waals surface area contributed by atoms with E-state index in [1.807, 2.05) is 28.5 Å². The molecule has 0 radical (unpaired) electrons. The van der Waals surface area contributed by atoms with Gasteiger partial charge in [-0.25, -0.2) is 14.4 Å². The van der Waals surface area contributed by atoms with Gasteiger partial charge in [0, 0.05) is 68.0 Å². The van der Waals surface area contributed by atoms with E-state index in [0.717, 1.165) is 18.8 Å². The molecule has 2 aliphatic heterocycles. The molecule has 6 rings (SSSR count). The van der Waals surface area contributed by atoms with Gasteiger partial charge in [0.1, 0.15) is 11.3 Å². The third-order valence-electron chi connectivity index (χ3n) is 6.61. The minimum Gasteiger partial charge on any atom is -0.436 e. The standard InChI is InChI=1S/C25H22FN5O3S/c26-17-3-1-16(2-4-17)23-28-20-13-18(5-6-21(20)34-23)31-15-19(14-22(31)32)29-8-10-30(11-9-29)25(33)24-27-7-12-35-24/h1-7,12-13,19H,8-11,14-15H2. The number of carbonyl (C=O) groups excluding carboxylic acids is 2. The zero-order chi connectivity index (χ0) is 23.9. The minimum atomic E-state index is -0.318. The molecule has 10 heteroatoms. The van der Waals surface area contributed by atoms with Gasteiger partial charge in [-0.05, 0) is 42.5 Å². The Balaban J connectivity index is 1.13. The second kappa shape index (κ2) is 8.86. The number of hydrogen-bond acceptors (Lipinski definition) is 7. The molecule has 8 nitrogen and oxygen atoms in total. The van der Waals surface area contributed by atoms with Crippen molar-refractivity contribution in [2.24, 2.45) is 0 Å². The van der Waals surface area contributed by atoms with Crippen LogP contribution in [-0.2, 0) is 4.79 Å². The highest BCUT2D eigenvalue weighted by atomic mass is 32.1. The molecule has 0 aliphatic carbocycles. The molecule has 0 spiro atoms. The molecule has 2 fully saturated rings. The summed E-state index contributed by atoms with van der Waals surface area (Å²) in [5.74, 6) is 0.136. The Hall–Kier alpha value is -3.63. The van der Waals surface area contributed by atoms with Crippen LogP contribution in [0, 0.1) is 5.82 Å². The minimum absolute atomic E-state index is 0.0234. The lowest BCUT2D eigenvalue weighted by atomic mass is 10.2. The van der Waals surface area contributed by atoms with E-state index in [9.17, 15) is 14.0 Å². The number of nitrogens with zero attached hydrogens (tertiary/aromatic N) is 5. The van der Waals surface area contributed by atoms with Crippen molar-refractivity contribution in [3.05, 3.63) is 64.9 Å². The number of halogens is 1. The summed E-state index contributed by atoms with van der Waals surface area (Å²) in [5, 5.41) is 2.33. The molecule has 35 heavy (non-hydrogen) atoms. The Labute approximate surface area is 204 Å². The fourth-order valence-corrected chi connectivity index (χ4v) is 5.34. The topological polar surface area (TPSA) is 82.8 Å². The van der Waals surface area contributed by atoms with Crippen molar-refractivity contribution in [3.8, 4) is 11.5 Å². The Bertz CT molecular complexity index is 1380. The summed E-state index contributed by atoms with van der Waals surface area (Å²) in [6.45, 7) is 3.30. The van der Waals surface area contributed by atoms with E-state index >= 15 is 0 Å². The van der Waals surface area contributed by atoms with Crippen molar-refractivity contribution in [3.63, 3.8) is 0 Å². The monoisotopic (exact) mass is 491 g/mol. The van der Waals surface area contributed by atoms with E-state index in [4.69, 9.17) is 4.42 Å². The molecule has 178 valence electrons. The molecule has 0 N–H and O–H groups in total. The maximum absolute atomic E-state index is 13.2. The smallest absolute Gasteiger partial charge is 0.282 e. The van der Waals surface area contributed by atoms with Crippen LogP contribution in [0.2, 0.25) is 0 Å². The van der Waals surface area contributed by atoms with Gasteiger partial charge >= 0.3 is 0 Å². The SMILES string of the molecule is O=C(c1nccs1)N1CCN(C2CC(=O)N(c3ccc4oc(-c5ccc(F)cc5)nc4c3)C2)CC1. The highest BCUT2D eigenvalue weighted by molar-refractivity contribution is 7.11. The first-order valence-electron chi connectivity index (χ1n) is 11.4. The van der Waals surface area contributed by atoms with E-state index in [1.165, 1.54) is 23.5 Å². The Morgan fingerprint density at radius 3 is 2.63 bits per heavy atom. The van der Waals surface area contributed by atoms with Crippen LogP contribution in [0.3, 0.4) is 0 Å². The van der Waals surface area contributed by atoms with Crippen LogP contribution >= 0.6 is 11.3 Å². The lowest BCUT2D eigenvalue weighted by Crippen LogP contribution is -2.52. The van der Waals surface area contributed by atoms with Crippen molar-refractivity contribution < 1.29 is 18.4 Å². The number of oxazole rings is 1. The number of hydrogen-bond donors (Lipinski definition) is 0. The van der Waals surface area contributed by atoms with Crippen LogP contribution in [0.25, 0.3) is 22.6 Å². The van der Waals surface area contributed by atoms with Crippen molar-refractivity contribution in [2.75, 3.05) is 37.6 Å². The number of carbonyl (C=O) groups is 2. The summed E-state index contributed by atoms with van der Waals surface area (Å²) >= 11 is 1.36. The number of rotatable bonds is 4. The molecule has 2 aromatic heterocycles. The fraction of sp³-hybridized carbons (Fsp3) is 0.280. The van der Waals surface area contributed by atoms with Gasteiger partial charge in [-0.2, -0.15) is 0 Å². The number of thiazole rings is 1. The molecular weight excluding hydrogens is 469 g/mol. The molecule has 1 unspecified atom stereocenters. The second-order valence-corrected chi connectivity index (χ2v) is 9.60. The number of aromatic nitrogens is 2. The van der Waals surface area contributed by atoms with Gasteiger partial charge in [0.15, 0.2) is 10.6 Å². The average Bonchev–Trinajstić information content (AvgIpc) is 3.63. The van der Waals surface area contributed by atoms with E-state index in [2.05, 4.69) is 14.9 Å². The van der Waals surface area contributed by atoms with Crippen molar-refractivity contribution in [1.82, 2.24) is 19.8 Å². The third kappa shape index (κ3) is 4.19. The summed E-state index contributed by atoms with van der Waals surface area (Å²) in [6.07, 6.45) is 2.09. The lowest BCUT2D eigenvalue weighted by molar-refractivity contribution is -0.117. The van der Waals surface area contributed by atoms with Gasteiger partial charge in [-0.1, -0.05) is 0 Å². The van der Waals surface area contributed by atoms with E-state index in [0.29, 0.717) is 53.6 Å². The normalized spacial score (nSPS) is 19.1. The molecule has 4 aromatic rings. The molecule has 0 saturated carbocycles. The predicted molar refractivity (Wildman–Crippen MR) is 130 cm³/mol. The zero-order valence-corrected chi connectivity index (χ0v) is 19.6. The van der Waals surface area contributed by atoms with Gasteiger partial charge in [-0.3, -0.25) is 14.5 Å². The number of fused-ring (bicyclic) bond motifs is 1. The van der Waals surface area contributed by atoms with Crippen molar-refractivity contribution >= 4 is 39.9 Å². The number of anilines is 1. The Morgan fingerprint density at radius 2 is 1.89 bits per heavy atom. The van der Waals surface area contributed by atoms with Gasteiger partial charge in [0.25, 0.3) is 5.91 Å². The Morgan fingerprint density at radius 1 is 1.09 bits per heavy atom. The maximum Gasteiger partial charge on any atom is 0.282 e. The molecule has 2 aromatic carbocycles. The number of amides is 2. The highest BCUT2D eigenvalue weighted by Gasteiger charge is 2.36. The van der Waals surface area contributed by atoms with Crippen LogP contribution in [0.4, 0.5) is 10.1 Å². The quantitative estimate of drug-likeness (QED) is 0.433. The summed E-state index contributed by atoms with van der Waals surface area (Å²) in [5.41, 5.74) is 2.72. The Kier molecular flexibility index (Phi) is 5.54. The van der Waals surface area contributed by atoms with E-state index in [-0.39, 0.29) is 23.7 Å². The summed E-state index contributed by atoms with van der Waals surface area (Å²) in [4.78, 5) is 40.0. The third-order valence-corrected chi connectivity index (χ3v) is 7.37. The van der Waals surface area contributed by atoms with Crippen LogP contribution in [0.5, 0.6) is 0 Å². The predicted octanol–water partition coefficient (Wildman–Crippen LogP) is 3.65. The molecule has 1 atom stereocenters. The lowest BCUT2D eigenvalue weighted by Gasteiger charge is -2.37. The van der Waals surface area contributed by atoms with E-state index in [1.54, 1.807) is 23.2 Å². The first kappa shape index (κ1) is 21.9. The zero-order valence-electron chi connectivity index (χ0n) is 18.8. The summed E-state index contributed by atoms with van der Waals surface area (Å²) in [7, 11) is 0. The maximum atomic E-state index is 13.2. The fourth-order valence-electron chi connectivity index (χ4n) is 4.74. The highest BCUT2D eigenvalue weighted by Crippen LogP contribution is 2.30. The molecular formula is C25H22FN5O3S. The largest absolute Gasteiger partial charge is 0.436 e.